The van der Waals surface area contributed by atoms with Crippen molar-refractivity contribution in [3.63, 3.8) is 0 Å². The summed E-state index contributed by atoms with van der Waals surface area (Å²) in [6.07, 6.45) is 5.05. The summed E-state index contributed by atoms with van der Waals surface area (Å²) in [7, 11) is 0. The van der Waals surface area contributed by atoms with E-state index in [4.69, 9.17) is 4.74 Å². The summed E-state index contributed by atoms with van der Waals surface area (Å²) in [5, 5.41) is 1.97. The van der Waals surface area contributed by atoms with Crippen LogP contribution >= 0.6 is 11.3 Å². The first kappa shape index (κ1) is 16.9. The Balaban J connectivity index is 1.52. The third-order valence-electron chi connectivity index (χ3n) is 4.07. The summed E-state index contributed by atoms with van der Waals surface area (Å²) in [6.45, 7) is 5.37. The van der Waals surface area contributed by atoms with Gasteiger partial charge in [-0.25, -0.2) is 4.98 Å². The molecule has 0 aromatic carbocycles. The third-order valence-corrected chi connectivity index (χ3v) is 4.85. The number of rotatable bonds is 5. The van der Waals surface area contributed by atoms with Gasteiger partial charge in [0.25, 0.3) is 0 Å². The van der Waals surface area contributed by atoms with Gasteiger partial charge in [0, 0.05) is 44.0 Å². The van der Waals surface area contributed by atoms with Crippen molar-refractivity contribution in [2.75, 3.05) is 39.3 Å². The molecule has 2 aromatic rings. The number of carbonyl (C=O) groups is 2. The van der Waals surface area contributed by atoms with Gasteiger partial charge < -0.3 is 9.64 Å². The lowest BCUT2D eigenvalue weighted by Gasteiger charge is -2.21. The lowest BCUT2D eigenvalue weighted by Crippen LogP contribution is -2.37. The molecule has 0 unspecified atom stereocenters. The van der Waals surface area contributed by atoms with E-state index in [0.717, 1.165) is 30.2 Å². The molecule has 3 rings (SSSR count). The summed E-state index contributed by atoms with van der Waals surface area (Å²) in [5.41, 5.74) is 0.805. The number of aromatic nitrogens is 2. The molecule has 0 bridgehead atoms. The molecule has 0 aliphatic carbocycles. The van der Waals surface area contributed by atoms with E-state index in [1.807, 2.05) is 27.1 Å². The summed E-state index contributed by atoms with van der Waals surface area (Å²) >= 11 is 1.56. The van der Waals surface area contributed by atoms with E-state index >= 15 is 0 Å². The van der Waals surface area contributed by atoms with Crippen LogP contribution in [0.25, 0.3) is 4.96 Å². The van der Waals surface area contributed by atoms with Crippen LogP contribution in [-0.2, 0) is 20.7 Å². The molecule has 0 saturated carbocycles. The van der Waals surface area contributed by atoms with Crippen LogP contribution in [0.4, 0.5) is 0 Å². The third kappa shape index (κ3) is 4.12. The number of hydrogen-bond donors (Lipinski definition) is 0. The highest BCUT2D eigenvalue weighted by Gasteiger charge is 2.21. The summed E-state index contributed by atoms with van der Waals surface area (Å²) in [4.78, 5) is 33.4. The van der Waals surface area contributed by atoms with Crippen molar-refractivity contribution in [2.45, 2.75) is 19.8 Å². The smallest absolute Gasteiger partial charge is 0.320 e. The van der Waals surface area contributed by atoms with Gasteiger partial charge in [0.1, 0.15) is 0 Å². The summed E-state index contributed by atoms with van der Waals surface area (Å²) in [5.74, 6) is -0.103. The maximum absolute atomic E-state index is 12.5. The fourth-order valence-electron chi connectivity index (χ4n) is 2.90. The van der Waals surface area contributed by atoms with Crippen LogP contribution in [0.2, 0.25) is 0 Å². The van der Waals surface area contributed by atoms with Gasteiger partial charge in [-0.05, 0) is 13.3 Å². The van der Waals surface area contributed by atoms with Gasteiger partial charge in [-0.2, -0.15) is 0 Å². The van der Waals surface area contributed by atoms with E-state index < -0.39 is 0 Å². The highest BCUT2D eigenvalue weighted by molar-refractivity contribution is 7.15. The molecule has 1 amide bonds. The van der Waals surface area contributed by atoms with Crippen molar-refractivity contribution in [1.82, 2.24) is 19.2 Å². The SMILES string of the molecule is CCOC(=O)CN1CCCN(C(=O)Cc2cn3ccsc3n2)CC1. The van der Waals surface area contributed by atoms with Crippen molar-refractivity contribution in [3.8, 4) is 0 Å². The van der Waals surface area contributed by atoms with Gasteiger partial charge in [-0.3, -0.25) is 18.9 Å². The minimum Gasteiger partial charge on any atom is -0.465 e. The lowest BCUT2D eigenvalue weighted by atomic mass is 10.3. The van der Waals surface area contributed by atoms with Crippen LogP contribution in [0, 0.1) is 0 Å². The second-order valence-electron chi connectivity index (χ2n) is 5.82. The average Bonchev–Trinajstić information content (AvgIpc) is 3.03. The van der Waals surface area contributed by atoms with Crippen molar-refractivity contribution in [1.29, 1.82) is 0 Å². The number of carbonyl (C=O) groups excluding carboxylic acids is 2. The number of esters is 1. The topological polar surface area (TPSA) is 67.2 Å². The van der Waals surface area contributed by atoms with Crippen LogP contribution in [0.15, 0.2) is 17.8 Å². The number of fused-ring (bicyclic) bond motifs is 1. The van der Waals surface area contributed by atoms with Crippen LogP contribution in [0.5, 0.6) is 0 Å². The predicted octanol–water partition coefficient (Wildman–Crippen LogP) is 1.04. The monoisotopic (exact) mass is 350 g/mol. The molecule has 3 heterocycles. The molecule has 2 aromatic heterocycles. The molecule has 8 heteroatoms. The lowest BCUT2D eigenvalue weighted by molar-refractivity contribution is -0.144. The normalized spacial score (nSPS) is 16.3. The van der Waals surface area contributed by atoms with Gasteiger partial charge >= 0.3 is 5.97 Å². The van der Waals surface area contributed by atoms with Crippen LogP contribution in [0.3, 0.4) is 0 Å². The quantitative estimate of drug-likeness (QED) is 0.754. The first-order valence-corrected chi connectivity index (χ1v) is 9.10. The number of ether oxygens (including phenoxy) is 1. The van der Waals surface area contributed by atoms with Gasteiger partial charge in [0.05, 0.1) is 25.3 Å². The number of imidazole rings is 1. The zero-order chi connectivity index (χ0) is 16.9. The minimum absolute atomic E-state index is 0.0961. The first-order chi connectivity index (χ1) is 11.7. The van der Waals surface area contributed by atoms with E-state index in [-0.39, 0.29) is 11.9 Å². The van der Waals surface area contributed by atoms with Crippen molar-refractivity contribution in [3.05, 3.63) is 23.5 Å². The molecule has 7 nitrogen and oxygen atoms in total. The van der Waals surface area contributed by atoms with E-state index in [1.165, 1.54) is 0 Å². The fourth-order valence-corrected chi connectivity index (χ4v) is 3.61. The Hall–Kier alpha value is -1.93. The number of hydrogen-bond acceptors (Lipinski definition) is 6. The van der Waals surface area contributed by atoms with Crippen molar-refractivity contribution >= 4 is 28.2 Å². The molecule has 0 atom stereocenters. The molecular weight excluding hydrogens is 328 g/mol. The second-order valence-corrected chi connectivity index (χ2v) is 6.69. The van der Waals surface area contributed by atoms with E-state index in [1.54, 1.807) is 18.3 Å². The molecule has 24 heavy (non-hydrogen) atoms. The van der Waals surface area contributed by atoms with E-state index in [0.29, 0.717) is 32.7 Å². The fraction of sp³-hybridized carbons (Fsp3) is 0.562. The molecule has 0 radical (unpaired) electrons. The summed E-state index contributed by atoms with van der Waals surface area (Å²) < 4.78 is 6.93. The van der Waals surface area contributed by atoms with Crippen LogP contribution in [0.1, 0.15) is 19.0 Å². The number of amides is 1. The summed E-state index contributed by atoms with van der Waals surface area (Å²) in [6, 6.07) is 0. The van der Waals surface area contributed by atoms with Crippen LogP contribution < -0.4 is 0 Å². The van der Waals surface area contributed by atoms with E-state index in [2.05, 4.69) is 9.88 Å². The molecule has 0 N–H and O–H groups in total. The zero-order valence-corrected chi connectivity index (χ0v) is 14.6. The maximum atomic E-state index is 12.5. The Bertz CT molecular complexity index is 683. The maximum Gasteiger partial charge on any atom is 0.320 e. The molecule has 1 fully saturated rings. The van der Waals surface area contributed by atoms with Gasteiger partial charge in [0.15, 0.2) is 4.96 Å². The molecule has 1 aliphatic heterocycles. The Kier molecular flexibility index (Phi) is 5.47. The Morgan fingerprint density at radius 1 is 1.29 bits per heavy atom. The highest BCUT2D eigenvalue weighted by atomic mass is 32.1. The standard InChI is InChI=1S/C16H22N4O3S/c1-2-23-15(22)12-18-4-3-5-19(7-6-18)14(21)10-13-11-20-8-9-24-16(20)17-13/h8-9,11H,2-7,10,12H2,1H3. The average molecular weight is 350 g/mol. The molecule has 0 spiro atoms. The highest BCUT2D eigenvalue weighted by Crippen LogP contribution is 2.13. The molecule has 130 valence electrons. The Labute approximate surface area is 144 Å². The number of thiazole rings is 1. The van der Waals surface area contributed by atoms with E-state index in [9.17, 15) is 9.59 Å². The van der Waals surface area contributed by atoms with Gasteiger partial charge in [0.2, 0.25) is 5.91 Å². The van der Waals surface area contributed by atoms with Crippen molar-refractivity contribution < 1.29 is 14.3 Å². The Morgan fingerprint density at radius 3 is 2.96 bits per heavy atom. The van der Waals surface area contributed by atoms with Crippen LogP contribution in [-0.4, -0.2) is 70.4 Å². The molecular formula is C16H22N4O3S. The number of nitrogens with zero attached hydrogens (tertiary/aromatic N) is 4. The predicted molar refractivity (Wildman–Crippen MR) is 91.0 cm³/mol. The Morgan fingerprint density at radius 2 is 2.17 bits per heavy atom. The van der Waals surface area contributed by atoms with Crippen molar-refractivity contribution in [2.24, 2.45) is 0 Å². The minimum atomic E-state index is -0.199. The molecule has 1 saturated heterocycles. The van der Waals surface area contributed by atoms with Gasteiger partial charge in [-0.1, -0.05) is 0 Å². The zero-order valence-electron chi connectivity index (χ0n) is 13.8. The molecule has 1 aliphatic rings. The van der Waals surface area contributed by atoms with Gasteiger partial charge in [-0.15, -0.1) is 11.3 Å². The largest absolute Gasteiger partial charge is 0.465 e. The first-order valence-electron chi connectivity index (χ1n) is 8.22. The second kappa shape index (κ2) is 7.76.